The highest BCUT2D eigenvalue weighted by atomic mass is 16.6. The van der Waals surface area contributed by atoms with Crippen molar-refractivity contribution in [3.8, 4) is 0 Å². The molecule has 0 spiro atoms. The number of carbonyl (C=O) groups is 2. The van der Waals surface area contributed by atoms with Gasteiger partial charge in [0.1, 0.15) is 6.61 Å². The van der Waals surface area contributed by atoms with E-state index in [1.165, 1.54) is 7.11 Å². The van der Waals surface area contributed by atoms with Crippen LogP contribution in [0.25, 0.3) is 0 Å². The zero-order chi connectivity index (χ0) is 20.5. The van der Waals surface area contributed by atoms with Gasteiger partial charge < -0.3 is 14.4 Å². The summed E-state index contributed by atoms with van der Waals surface area (Å²) in [6.07, 6.45) is 5.61. The number of amides is 1. The van der Waals surface area contributed by atoms with Gasteiger partial charge >= 0.3 is 12.1 Å². The standard InChI is InChI=1S/C24H27NO4/c1-28-23(26)16-21-14-8-9-15-22(21)25(17-19-10-4-2-5-11-19)24(27)29-18-20-12-6-3-7-13-20/h2-8,10-14,21-22H,9,15-18H2,1H3/t21-,22+/m0/s1. The first kappa shape index (κ1) is 20.6. The summed E-state index contributed by atoms with van der Waals surface area (Å²) in [6.45, 7) is 0.653. The Morgan fingerprint density at radius 2 is 1.66 bits per heavy atom. The SMILES string of the molecule is COC(=O)C[C@@H]1C=CCC[C@H]1N(Cc1ccccc1)C(=O)OCc1ccccc1. The molecule has 3 rings (SSSR count). The topological polar surface area (TPSA) is 55.8 Å². The number of carbonyl (C=O) groups excluding carboxylic acids is 2. The highest BCUT2D eigenvalue weighted by molar-refractivity contribution is 5.71. The van der Waals surface area contributed by atoms with Crippen LogP contribution in [0.15, 0.2) is 72.8 Å². The Balaban J connectivity index is 1.78. The second kappa shape index (κ2) is 10.5. The molecular weight excluding hydrogens is 366 g/mol. The van der Waals surface area contributed by atoms with E-state index in [0.29, 0.717) is 6.54 Å². The summed E-state index contributed by atoms with van der Waals surface area (Å²) in [6, 6.07) is 19.3. The molecule has 0 aliphatic heterocycles. The maximum absolute atomic E-state index is 13.1. The molecule has 0 heterocycles. The van der Waals surface area contributed by atoms with Gasteiger partial charge in [-0.15, -0.1) is 0 Å². The minimum atomic E-state index is -0.368. The Labute approximate surface area is 171 Å². The zero-order valence-electron chi connectivity index (χ0n) is 16.7. The van der Waals surface area contributed by atoms with E-state index in [9.17, 15) is 9.59 Å². The molecule has 5 nitrogen and oxygen atoms in total. The summed E-state index contributed by atoms with van der Waals surface area (Å²) in [5, 5.41) is 0. The maximum atomic E-state index is 13.1. The molecule has 0 N–H and O–H groups in total. The van der Waals surface area contributed by atoms with Crippen LogP contribution in [0, 0.1) is 5.92 Å². The molecule has 0 bridgehead atoms. The lowest BCUT2D eigenvalue weighted by molar-refractivity contribution is -0.141. The van der Waals surface area contributed by atoms with Crippen molar-refractivity contribution < 1.29 is 19.1 Å². The van der Waals surface area contributed by atoms with Crippen LogP contribution >= 0.6 is 0 Å². The summed E-state index contributed by atoms with van der Waals surface area (Å²) in [5.41, 5.74) is 1.96. The quantitative estimate of drug-likeness (QED) is 0.504. The van der Waals surface area contributed by atoms with Crippen LogP contribution in [-0.4, -0.2) is 30.1 Å². The fraction of sp³-hybridized carbons (Fsp3) is 0.333. The lowest BCUT2D eigenvalue weighted by Crippen LogP contribution is -2.45. The smallest absolute Gasteiger partial charge is 0.410 e. The van der Waals surface area contributed by atoms with E-state index >= 15 is 0 Å². The van der Waals surface area contributed by atoms with E-state index in [-0.39, 0.29) is 37.0 Å². The normalized spacial score (nSPS) is 18.1. The van der Waals surface area contributed by atoms with Gasteiger partial charge in [-0.25, -0.2) is 4.79 Å². The van der Waals surface area contributed by atoms with Gasteiger partial charge in [0.2, 0.25) is 0 Å². The van der Waals surface area contributed by atoms with Crippen LogP contribution in [0.5, 0.6) is 0 Å². The number of ether oxygens (including phenoxy) is 2. The first-order chi connectivity index (χ1) is 14.2. The number of benzene rings is 2. The maximum Gasteiger partial charge on any atom is 0.410 e. The van der Waals surface area contributed by atoms with Crippen LogP contribution in [0.4, 0.5) is 4.79 Å². The summed E-state index contributed by atoms with van der Waals surface area (Å²) < 4.78 is 10.5. The third-order valence-corrected chi connectivity index (χ3v) is 5.17. The fourth-order valence-corrected chi connectivity index (χ4v) is 3.65. The monoisotopic (exact) mass is 393 g/mol. The predicted octanol–water partition coefficient (Wildman–Crippen LogP) is 4.72. The molecule has 2 aromatic rings. The number of nitrogens with zero attached hydrogens (tertiary/aromatic N) is 1. The van der Waals surface area contributed by atoms with Crippen molar-refractivity contribution >= 4 is 12.1 Å². The number of methoxy groups -OCH3 is 1. The number of hydrogen-bond acceptors (Lipinski definition) is 4. The molecular formula is C24H27NO4. The van der Waals surface area contributed by atoms with E-state index in [2.05, 4.69) is 6.08 Å². The van der Waals surface area contributed by atoms with Crippen LogP contribution in [-0.2, 0) is 27.4 Å². The van der Waals surface area contributed by atoms with E-state index in [1.54, 1.807) is 4.90 Å². The largest absolute Gasteiger partial charge is 0.469 e. The minimum Gasteiger partial charge on any atom is -0.469 e. The molecule has 0 unspecified atom stereocenters. The lowest BCUT2D eigenvalue weighted by atomic mass is 9.86. The highest BCUT2D eigenvalue weighted by Crippen LogP contribution is 2.28. The van der Waals surface area contributed by atoms with E-state index in [4.69, 9.17) is 9.47 Å². The highest BCUT2D eigenvalue weighted by Gasteiger charge is 2.33. The van der Waals surface area contributed by atoms with Crippen molar-refractivity contribution in [1.29, 1.82) is 0 Å². The Morgan fingerprint density at radius 1 is 1.00 bits per heavy atom. The number of hydrogen-bond donors (Lipinski definition) is 0. The third-order valence-electron chi connectivity index (χ3n) is 5.17. The van der Waals surface area contributed by atoms with Gasteiger partial charge in [0, 0.05) is 18.5 Å². The van der Waals surface area contributed by atoms with Crippen LogP contribution in [0.2, 0.25) is 0 Å². The molecule has 2 atom stereocenters. The van der Waals surface area contributed by atoms with E-state index in [1.807, 2.05) is 66.7 Å². The molecule has 0 radical (unpaired) electrons. The summed E-state index contributed by atoms with van der Waals surface area (Å²) in [5.74, 6) is -0.368. The van der Waals surface area contributed by atoms with Gasteiger partial charge in [0.25, 0.3) is 0 Å². The molecule has 0 aromatic heterocycles. The van der Waals surface area contributed by atoms with Gasteiger partial charge in [0.15, 0.2) is 0 Å². The molecule has 29 heavy (non-hydrogen) atoms. The second-order valence-corrected chi connectivity index (χ2v) is 7.17. The number of allylic oxidation sites excluding steroid dienone is 1. The van der Waals surface area contributed by atoms with Crippen molar-refractivity contribution in [2.24, 2.45) is 5.92 Å². The van der Waals surface area contributed by atoms with Crippen LogP contribution in [0.1, 0.15) is 30.4 Å². The average Bonchev–Trinajstić information content (AvgIpc) is 2.77. The molecule has 1 aliphatic rings. The Bertz CT molecular complexity index is 819. The third kappa shape index (κ3) is 5.95. The van der Waals surface area contributed by atoms with Crippen molar-refractivity contribution in [1.82, 2.24) is 4.90 Å². The first-order valence-corrected chi connectivity index (χ1v) is 9.92. The average molecular weight is 393 g/mol. The number of esters is 1. The van der Waals surface area contributed by atoms with Crippen LogP contribution in [0.3, 0.4) is 0 Å². The summed E-state index contributed by atoms with van der Waals surface area (Å²) in [4.78, 5) is 26.7. The molecule has 1 aliphatic carbocycles. The Hall–Kier alpha value is -3.08. The molecule has 2 aromatic carbocycles. The summed E-state index contributed by atoms with van der Waals surface area (Å²) in [7, 11) is 1.39. The van der Waals surface area contributed by atoms with E-state index < -0.39 is 0 Å². The van der Waals surface area contributed by atoms with Gasteiger partial charge in [-0.1, -0.05) is 72.8 Å². The number of rotatable bonds is 7. The van der Waals surface area contributed by atoms with Crippen molar-refractivity contribution in [3.05, 3.63) is 83.9 Å². The van der Waals surface area contributed by atoms with Crippen molar-refractivity contribution in [2.45, 2.75) is 38.5 Å². The summed E-state index contributed by atoms with van der Waals surface area (Å²) >= 11 is 0. The first-order valence-electron chi connectivity index (χ1n) is 9.92. The Morgan fingerprint density at radius 3 is 2.31 bits per heavy atom. The van der Waals surface area contributed by atoms with Gasteiger partial charge in [-0.3, -0.25) is 4.79 Å². The van der Waals surface area contributed by atoms with Crippen molar-refractivity contribution in [2.75, 3.05) is 7.11 Å². The minimum absolute atomic E-state index is 0.0933. The molecule has 152 valence electrons. The Kier molecular flexibility index (Phi) is 7.45. The van der Waals surface area contributed by atoms with E-state index in [0.717, 1.165) is 24.0 Å². The fourth-order valence-electron chi connectivity index (χ4n) is 3.65. The van der Waals surface area contributed by atoms with Gasteiger partial charge in [0.05, 0.1) is 13.5 Å². The van der Waals surface area contributed by atoms with Gasteiger partial charge in [-0.2, -0.15) is 0 Å². The van der Waals surface area contributed by atoms with Crippen molar-refractivity contribution in [3.63, 3.8) is 0 Å². The molecule has 0 saturated heterocycles. The molecule has 5 heteroatoms. The second-order valence-electron chi connectivity index (χ2n) is 7.17. The predicted molar refractivity (Wildman–Crippen MR) is 111 cm³/mol. The lowest BCUT2D eigenvalue weighted by Gasteiger charge is -2.37. The molecule has 1 amide bonds. The molecule has 0 saturated carbocycles. The molecule has 0 fully saturated rings. The van der Waals surface area contributed by atoms with Gasteiger partial charge in [-0.05, 0) is 24.0 Å². The zero-order valence-corrected chi connectivity index (χ0v) is 16.7. The van der Waals surface area contributed by atoms with Crippen LogP contribution < -0.4 is 0 Å².